The number of carbonyl (C=O) groups excluding carboxylic acids is 1. The predicted molar refractivity (Wildman–Crippen MR) is 70.7 cm³/mol. The van der Waals surface area contributed by atoms with Crippen LogP contribution < -0.4 is 0 Å². The molecule has 1 saturated carbocycles. The first kappa shape index (κ1) is 14.3. The molecule has 98 valence electrons. The van der Waals surface area contributed by atoms with Crippen molar-refractivity contribution >= 4 is 5.97 Å². The van der Waals surface area contributed by atoms with E-state index < -0.39 is 0 Å². The molecule has 0 spiro atoms. The first-order valence-corrected chi connectivity index (χ1v) is 6.68. The molecule has 1 rings (SSSR count). The molecule has 1 aliphatic rings. The molecular formula is C15H26O2. The summed E-state index contributed by atoms with van der Waals surface area (Å²) in [6.45, 7) is 12.7. The highest BCUT2D eigenvalue weighted by Crippen LogP contribution is 2.49. The Kier molecular flexibility index (Phi) is 4.40. The molecule has 0 aromatic rings. The molecule has 0 bridgehead atoms. The van der Waals surface area contributed by atoms with Crippen molar-refractivity contribution in [2.75, 3.05) is 0 Å². The minimum atomic E-state index is -0.0299. The number of hydrogen-bond acceptors (Lipinski definition) is 2. The number of carbonyl (C=O) groups is 1. The lowest BCUT2D eigenvalue weighted by atomic mass is 9.63. The van der Waals surface area contributed by atoms with Crippen LogP contribution in [0, 0.1) is 11.3 Å². The van der Waals surface area contributed by atoms with Gasteiger partial charge in [0, 0.05) is 11.8 Å². The van der Waals surface area contributed by atoms with Crippen molar-refractivity contribution in [1.29, 1.82) is 0 Å². The van der Waals surface area contributed by atoms with E-state index in [9.17, 15) is 4.79 Å². The maximum Gasteiger partial charge on any atom is 0.308 e. The maximum absolute atomic E-state index is 11.9. The van der Waals surface area contributed by atoms with Gasteiger partial charge in [-0.25, -0.2) is 0 Å². The van der Waals surface area contributed by atoms with Crippen molar-refractivity contribution in [3.8, 4) is 0 Å². The van der Waals surface area contributed by atoms with Gasteiger partial charge in [-0.05, 0) is 20.3 Å². The summed E-state index contributed by atoms with van der Waals surface area (Å²) in [6, 6.07) is 0. The molecule has 0 saturated heterocycles. The summed E-state index contributed by atoms with van der Waals surface area (Å²) in [5, 5.41) is 0. The Morgan fingerprint density at radius 1 is 1.47 bits per heavy atom. The number of hydrogen-bond donors (Lipinski definition) is 0. The number of ether oxygens (including phenoxy) is 1. The lowest BCUT2D eigenvalue weighted by Gasteiger charge is -2.47. The Morgan fingerprint density at radius 2 is 2.06 bits per heavy atom. The molecule has 0 amide bonds. The molecule has 1 fully saturated rings. The van der Waals surface area contributed by atoms with Gasteiger partial charge in [0.05, 0.1) is 5.92 Å². The Morgan fingerprint density at radius 3 is 2.47 bits per heavy atom. The third kappa shape index (κ3) is 2.91. The topological polar surface area (TPSA) is 26.3 Å². The van der Waals surface area contributed by atoms with Crippen LogP contribution in [0.25, 0.3) is 0 Å². The van der Waals surface area contributed by atoms with Crippen molar-refractivity contribution < 1.29 is 9.53 Å². The van der Waals surface area contributed by atoms with Crippen molar-refractivity contribution in [1.82, 2.24) is 0 Å². The first-order chi connectivity index (χ1) is 7.80. The third-order valence-corrected chi connectivity index (χ3v) is 3.96. The molecule has 2 nitrogen and oxygen atoms in total. The normalized spacial score (nSPS) is 23.9. The molecule has 0 radical (unpaired) electrons. The van der Waals surface area contributed by atoms with Gasteiger partial charge in [0.1, 0.15) is 6.10 Å². The van der Waals surface area contributed by atoms with Crippen LogP contribution in [0.4, 0.5) is 0 Å². The maximum atomic E-state index is 11.9. The van der Waals surface area contributed by atoms with E-state index in [2.05, 4.69) is 34.6 Å². The monoisotopic (exact) mass is 238 g/mol. The van der Waals surface area contributed by atoms with Crippen LogP contribution in [0.1, 0.15) is 60.8 Å². The Balaban J connectivity index is 2.57. The van der Waals surface area contributed by atoms with Crippen molar-refractivity contribution in [2.24, 2.45) is 11.3 Å². The number of esters is 1. The predicted octanol–water partition coefficient (Wildman–Crippen LogP) is 4.10. The van der Waals surface area contributed by atoms with Gasteiger partial charge >= 0.3 is 5.97 Å². The van der Waals surface area contributed by atoms with E-state index in [1.807, 2.05) is 6.92 Å². The van der Waals surface area contributed by atoms with Crippen molar-refractivity contribution in [2.45, 2.75) is 66.9 Å². The van der Waals surface area contributed by atoms with E-state index in [-0.39, 0.29) is 23.4 Å². The van der Waals surface area contributed by atoms with Crippen LogP contribution in [-0.2, 0) is 9.53 Å². The van der Waals surface area contributed by atoms with Gasteiger partial charge in [-0.15, -0.1) is 0 Å². The summed E-state index contributed by atoms with van der Waals surface area (Å²) in [4.78, 5) is 11.9. The second-order valence-electron chi connectivity index (χ2n) is 6.02. The molecule has 2 unspecified atom stereocenters. The summed E-state index contributed by atoms with van der Waals surface area (Å²) in [6.07, 6.45) is 2.93. The SMILES string of the molecule is CCCC(C)C(=O)OC1CC(=C(C)C)C1(C)C. The molecular weight excluding hydrogens is 212 g/mol. The second-order valence-corrected chi connectivity index (χ2v) is 6.02. The molecule has 2 heteroatoms. The van der Waals surface area contributed by atoms with Gasteiger partial charge in [-0.2, -0.15) is 0 Å². The van der Waals surface area contributed by atoms with E-state index in [0.29, 0.717) is 0 Å². The average Bonchev–Trinajstić information content (AvgIpc) is 2.22. The van der Waals surface area contributed by atoms with Crippen LogP contribution in [0.2, 0.25) is 0 Å². The minimum absolute atomic E-state index is 0.0282. The fourth-order valence-electron chi connectivity index (χ4n) is 2.61. The standard InChI is InChI=1S/C15H26O2/c1-7-8-11(4)14(16)17-13-9-12(10(2)3)15(13,5)6/h11,13H,7-9H2,1-6H3. The first-order valence-electron chi connectivity index (χ1n) is 6.68. The zero-order valence-electron chi connectivity index (χ0n) is 12.1. The molecule has 0 N–H and O–H groups in total. The van der Waals surface area contributed by atoms with E-state index >= 15 is 0 Å². The fourth-order valence-corrected chi connectivity index (χ4v) is 2.61. The molecule has 0 aromatic carbocycles. The molecule has 0 aromatic heterocycles. The van der Waals surface area contributed by atoms with Crippen LogP contribution in [0.15, 0.2) is 11.1 Å². The Bertz CT molecular complexity index is 322. The largest absolute Gasteiger partial charge is 0.461 e. The van der Waals surface area contributed by atoms with Gasteiger partial charge in [0.25, 0.3) is 0 Å². The van der Waals surface area contributed by atoms with E-state index in [1.165, 1.54) is 11.1 Å². The number of allylic oxidation sites excluding steroid dienone is 1. The highest BCUT2D eigenvalue weighted by atomic mass is 16.5. The summed E-state index contributed by atoms with van der Waals surface area (Å²) in [5.41, 5.74) is 2.84. The van der Waals surface area contributed by atoms with Crippen LogP contribution >= 0.6 is 0 Å². The van der Waals surface area contributed by atoms with E-state index in [1.54, 1.807) is 0 Å². The second kappa shape index (κ2) is 5.24. The molecule has 2 atom stereocenters. The van der Waals surface area contributed by atoms with Crippen LogP contribution in [-0.4, -0.2) is 12.1 Å². The Hall–Kier alpha value is -0.790. The van der Waals surface area contributed by atoms with Gasteiger partial charge in [-0.3, -0.25) is 4.79 Å². The summed E-state index contributed by atoms with van der Waals surface area (Å²) >= 11 is 0. The molecule has 17 heavy (non-hydrogen) atoms. The third-order valence-electron chi connectivity index (χ3n) is 3.96. The van der Waals surface area contributed by atoms with E-state index in [0.717, 1.165) is 19.3 Å². The molecule has 1 aliphatic carbocycles. The van der Waals surface area contributed by atoms with Crippen molar-refractivity contribution in [3.63, 3.8) is 0 Å². The Labute approximate surface area is 105 Å². The molecule has 0 heterocycles. The lowest BCUT2D eigenvalue weighted by Crippen LogP contribution is -2.46. The molecule has 0 aliphatic heterocycles. The van der Waals surface area contributed by atoms with Gasteiger partial charge in [0.2, 0.25) is 0 Å². The lowest BCUT2D eigenvalue weighted by molar-refractivity contribution is -0.163. The van der Waals surface area contributed by atoms with Gasteiger partial charge in [-0.1, -0.05) is 45.3 Å². The minimum Gasteiger partial charge on any atom is -0.461 e. The summed E-state index contributed by atoms with van der Waals surface area (Å²) in [7, 11) is 0. The average molecular weight is 238 g/mol. The highest BCUT2D eigenvalue weighted by Gasteiger charge is 2.46. The van der Waals surface area contributed by atoms with E-state index in [4.69, 9.17) is 4.74 Å². The number of rotatable bonds is 4. The zero-order chi connectivity index (χ0) is 13.2. The smallest absolute Gasteiger partial charge is 0.308 e. The zero-order valence-corrected chi connectivity index (χ0v) is 12.1. The summed E-state index contributed by atoms with van der Waals surface area (Å²) < 4.78 is 5.62. The van der Waals surface area contributed by atoms with Crippen LogP contribution in [0.3, 0.4) is 0 Å². The highest BCUT2D eigenvalue weighted by molar-refractivity contribution is 5.72. The quantitative estimate of drug-likeness (QED) is 0.544. The van der Waals surface area contributed by atoms with Gasteiger partial charge in [0.15, 0.2) is 0 Å². The van der Waals surface area contributed by atoms with Crippen molar-refractivity contribution in [3.05, 3.63) is 11.1 Å². The van der Waals surface area contributed by atoms with Crippen LogP contribution in [0.5, 0.6) is 0 Å². The fraction of sp³-hybridized carbons (Fsp3) is 0.800. The summed E-state index contributed by atoms with van der Waals surface area (Å²) in [5.74, 6) is 0.00397. The van der Waals surface area contributed by atoms with Gasteiger partial charge < -0.3 is 4.74 Å².